The average Bonchev–Trinajstić information content (AvgIpc) is 3.31. The molecular weight excluding hydrogens is 467 g/mol. The first-order valence-electron chi connectivity index (χ1n) is 10.0. The van der Waals surface area contributed by atoms with Gasteiger partial charge in [-0.15, -0.1) is 11.8 Å². The molecule has 0 bridgehead atoms. The fourth-order valence-corrected chi connectivity index (χ4v) is 5.18. The number of carbonyl (C=O) groups is 1. The van der Waals surface area contributed by atoms with Crippen LogP contribution in [0.1, 0.15) is 16.5 Å². The number of halogens is 2. The number of nitrogens with zero attached hydrogens (tertiary/aromatic N) is 1. The van der Waals surface area contributed by atoms with Crippen LogP contribution in [-0.4, -0.2) is 30.3 Å². The predicted octanol–water partition coefficient (Wildman–Crippen LogP) is 6.86. The van der Waals surface area contributed by atoms with Gasteiger partial charge in [-0.05, 0) is 35.4 Å². The zero-order valence-corrected chi connectivity index (χ0v) is 19.7. The highest BCUT2D eigenvalue weighted by Gasteiger charge is 2.32. The topological polar surface area (TPSA) is 50.8 Å². The van der Waals surface area contributed by atoms with Crippen LogP contribution in [0.25, 0.3) is 0 Å². The van der Waals surface area contributed by atoms with Crippen molar-refractivity contribution in [3.63, 3.8) is 0 Å². The Morgan fingerprint density at radius 1 is 1.06 bits per heavy atom. The SMILES string of the molecule is COc1ccc(C2SCCN2C(=O)Nc2c(Cl)cccc2Cl)cc1OCc1ccccc1. The molecule has 0 aromatic heterocycles. The second kappa shape index (κ2) is 10.4. The molecule has 0 radical (unpaired) electrons. The number of carbonyl (C=O) groups excluding carboxylic acids is 1. The lowest BCUT2D eigenvalue weighted by molar-refractivity contribution is 0.214. The first-order valence-corrected chi connectivity index (χ1v) is 11.8. The molecule has 0 saturated carbocycles. The fraction of sp³-hybridized carbons (Fsp3) is 0.208. The van der Waals surface area contributed by atoms with Crippen LogP contribution in [0.15, 0.2) is 66.7 Å². The molecule has 1 aliphatic rings. The molecule has 1 unspecified atom stereocenters. The van der Waals surface area contributed by atoms with Gasteiger partial charge in [-0.3, -0.25) is 0 Å². The second-order valence-corrected chi connectivity index (χ2v) is 9.13. The van der Waals surface area contributed by atoms with E-state index in [1.165, 1.54) is 0 Å². The number of amides is 2. The van der Waals surface area contributed by atoms with Gasteiger partial charge < -0.3 is 19.7 Å². The number of rotatable bonds is 6. The van der Waals surface area contributed by atoms with E-state index in [0.717, 1.165) is 16.9 Å². The van der Waals surface area contributed by atoms with Crippen LogP contribution in [-0.2, 0) is 6.61 Å². The molecule has 8 heteroatoms. The molecule has 0 spiro atoms. The number of para-hydroxylation sites is 1. The summed E-state index contributed by atoms with van der Waals surface area (Å²) < 4.78 is 11.5. The summed E-state index contributed by atoms with van der Waals surface area (Å²) in [6, 6.07) is 20.6. The van der Waals surface area contributed by atoms with E-state index in [4.69, 9.17) is 32.7 Å². The molecule has 3 aromatic carbocycles. The molecule has 1 heterocycles. The van der Waals surface area contributed by atoms with Gasteiger partial charge in [0.2, 0.25) is 0 Å². The standard InChI is InChI=1S/C24H22Cl2N2O3S/c1-30-20-11-10-17(14-21(20)31-15-16-6-3-2-4-7-16)23-28(12-13-32-23)24(29)27-22-18(25)8-5-9-19(22)26/h2-11,14,23H,12-13,15H2,1H3,(H,27,29). The minimum atomic E-state index is -0.252. The molecule has 1 saturated heterocycles. The summed E-state index contributed by atoms with van der Waals surface area (Å²) in [4.78, 5) is 14.8. The Morgan fingerprint density at radius 3 is 2.53 bits per heavy atom. The van der Waals surface area contributed by atoms with Crippen molar-refractivity contribution in [3.8, 4) is 11.5 Å². The van der Waals surface area contributed by atoms with Gasteiger partial charge in [0.05, 0.1) is 22.8 Å². The third-order valence-corrected chi connectivity index (χ3v) is 6.95. The van der Waals surface area contributed by atoms with Crippen LogP contribution in [0.2, 0.25) is 10.0 Å². The Labute approximate surface area is 201 Å². The maximum absolute atomic E-state index is 13.0. The van der Waals surface area contributed by atoms with Crippen molar-refractivity contribution in [2.45, 2.75) is 12.0 Å². The highest BCUT2D eigenvalue weighted by molar-refractivity contribution is 7.99. The third-order valence-electron chi connectivity index (χ3n) is 5.06. The molecular formula is C24H22Cl2N2O3S. The minimum Gasteiger partial charge on any atom is -0.493 e. The highest BCUT2D eigenvalue weighted by atomic mass is 35.5. The Kier molecular flexibility index (Phi) is 7.35. The van der Waals surface area contributed by atoms with Crippen LogP contribution in [0.4, 0.5) is 10.5 Å². The van der Waals surface area contributed by atoms with Crippen LogP contribution in [0.3, 0.4) is 0 Å². The van der Waals surface area contributed by atoms with E-state index >= 15 is 0 Å². The number of benzene rings is 3. The molecule has 1 atom stereocenters. The zero-order chi connectivity index (χ0) is 22.5. The maximum atomic E-state index is 13.0. The van der Waals surface area contributed by atoms with E-state index in [0.29, 0.717) is 40.4 Å². The molecule has 0 aliphatic carbocycles. The van der Waals surface area contributed by atoms with Gasteiger partial charge in [0.25, 0.3) is 0 Å². The Morgan fingerprint density at radius 2 is 1.81 bits per heavy atom. The van der Waals surface area contributed by atoms with E-state index in [-0.39, 0.29) is 11.4 Å². The summed E-state index contributed by atoms with van der Waals surface area (Å²) >= 11 is 14.1. The largest absolute Gasteiger partial charge is 0.493 e. The predicted molar refractivity (Wildman–Crippen MR) is 131 cm³/mol. The Hall–Kier alpha value is -2.54. The van der Waals surface area contributed by atoms with Crippen molar-refractivity contribution in [2.75, 3.05) is 24.7 Å². The summed E-state index contributed by atoms with van der Waals surface area (Å²) in [7, 11) is 1.61. The number of anilines is 1. The van der Waals surface area contributed by atoms with Crippen LogP contribution < -0.4 is 14.8 Å². The number of hydrogen-bond donors (Lipinski definition) is 1. The summed E-state index contributed by atoms with van der Waals surface area (Å²) in [5.41, 5.74) is 2.43. The van der Waals surface area contributed by atoms with Crippen LogP contribution >= 0.6 is 35.0 Å². The molecule has 32 heavy (non-hydrogen) atoms. The number of urea groups is 1. The van der Waals surface area contributed by atoms with E-state index in [9.17, 15) is 4.79 Å². The van der Waals surface area contributed by atoms with E-state index in [2.05, 4.69) is 5.32 Å². The normalized spacial score (nSPS) is 15.5. The quantitative estimate of drug-likeness (QED) is 0.411. The lowest BCUT2D eigenvalue weighted by atomic mass is 10.1. The molecule has 1 aliphatic heterocycles. The van der Waals surface area contributed by atoms with Crippen molar-refractivity contribution < 1.29 is 14.3 Å². The average molecular weight is 489 g/mol. The summed E-state index contributed by atoms with van der Waals surface area (Å²) in [5, 5.41) is 3.49. The summed E-state index contributed by atoms with van der Waals surface area (Å²) in [6.45, 7) is 1.03. The van der Waals surface area contributed by atoms with E-state index in [1.807, 2.05) is 48.5 Å². The highest BCUT2D eigenvalue weighted by Crippen LogP contribution is 2.42. The van der Waals surface area contributed by atoms with Crippen molar-refractivity contribution in [1.29, 1.82) is 0 Å². The number of hydrogen-bond acceptors (Lipinski definition) is 4. The Balaban J connectivity index is 1.53. The molecule has 2 amide bonds. The minimum absolute atomic E-state index is 0.166. The number of thioether (sulfide) groups is 1. The van der Waals surface area contributed by atoms with Crippen molar-refractivity contribution >= 4 is 46.7 Å². The number of ether oxygens (including phenoxy) is 2. The number of nitrogens with one attached hydrogen (secondary N) is 1. The van der Waals surface area contributed by atoms with Crippen LogP contribution in [0.5, 0.6) is 11.5 Å². The smallest absolute Gasteiger partial charge is 0.323 e. The molecule has 1 fully saturated rings. The zero-order valence-electron chi connectivity index (χ0n) is 17.4. The van der Waals surface area contributed by atoms with Gasteiger partial charge in [-0.2, -0.15) is 0 Å². The van der Waals surface area contributed by atoms with Crippen molar-refractivity contribution in [1.82, 2.24) is 4.90 Å². The fourth-order valence-electron chi connectivity index (χ4n) is 3.45. The van der Waals surface area contributed by atoms with E-state index < -0.39 is 0 Å². The first kappa shape index (κ1) is 22.6. The van der Waals surface area contributed by atoms with Crippen LogP contribution in [0, 0.1) is 0 Å². The van der Waals surface area contributed by atoms with Gasteiger partial charge in [0, 0.05) is 12.3 Å². The number of methoxy groups -OCH3 is 1. The molecule has 4 rings (SSSR count). The van der Waals surface area contributed by atoms with Gasteiger partial charge in [0.1, 0.15) is 12.0 Å². The lowest BCUT2D eigenvalue weighted by Gasteiger charge is -2.25. The monoisotopic (exact) mass is 488 g/mol. The van der Waals surface area contributed by atoms with Crippen molar-refractivity contribution in [2.24, 2.45) is 0 Å². The van der Waals surface area contributed by atoms with Gasteiger partial charge >= 0.3 is 6.03 Å². The van der Waals surface area contributed by atoms with Gasteiger partial charge in [-0.1, -0.05) is 65.7 Å². The third kappa shape index (κ3) is 5.09. The molecule has 5 nitrogen and oxygen atoms in total. The maximum Gasteiger partial charge on any atom is 0.323 e. The summed E-state index contributed by atoms with van der Waals surface area (Å²) in [6.07, 6.45) is 0. The lowest BCUT2D eigenvalue weighted by Crippen LogP contribution is -2.34. The van der Waals surface area contributed by atoms with Crippen molar-refractivity contribution in [3.05, 3.63) is 87.9 Å². The Bertz CT molecular complexity index is 1080. The van der Waals surface area contributed by atoms with E-state index in [1.54, 1.807) is 42.0 Å². The second-order valence-electron chi connectivity index (χ2n) is 7.13. The molecule has 1 N–H and O–H groups in total. The molecule has 166 valence electrons. The summed E-state index contributed by atoms with van der Waals surface area (Å²) in [5.74, 6) is 2.10. The molecule has 3 aromatic rings. The van der Waals surface area contributed by atoms with Gasteiger partial charge in [0.15, 0.2) is 11.5 Å². The van der Waals surface area contributed by atoms with Gasteiger partial charge in [-0.25, -0.2) is 4.79 Å². The first-order chi connectivity index (χ1) is 15.6.